The smallest absolute Gasteiger partial charge is 0.324 e. The van der Waals surface area contributed by atoms with E-state index in [0.717, 1.165) is 11.3 Å². The highest BCUT2D eigenvalue weighted by Crippen LogP contribution is 2.28. The standard InChI is InChI=1S/C23H24N2O6S2/c1-15(26)17-8-10-18(11-9-17)33(28,29)25-12-4-3-6-20(25)23(27)30-14-19-16(2)31-22(24-19)21-7-5-13-32-21/h5,7-11,13,20H,3-4,6,12,14H2,1-2H3. The predicted octanol–water partition coefficient (Wildman–Crippen LogP) is 4.20. The second kappa shape index (κ2) is 9.58. The molecule has 0 amide bonds. The lowest BCUT2D eigenvalue weighted by Gasteiger charge is -2.33. The molecule has 4 rings (SSSR count). The first-order valence-electron chi connectivity index (χ1n) is 10.6. The number of piperidine rings is 1. The number of aryl methyl sites for hydroxylation is 1. The number of benzene rings is 1. The van der Waals surface area contributed by atoms with E-state index in [2.05, 4.69) is 4.98 Å². The van der Waals surface area contributed by atoms with Crippen LogP contribution in [0.4, 0.5) is 0 Å². The molecule has 0 bridgehead atoms. The van der Waals surface area contributed by atoms with Gasteiger partial charge in [0.05, 0.1) is 9.77 Å². The Balaban J connectivity index is 1.49. The monoisotopic (exact) mass is 488 g/mol. The van der Waals surface area contributed by atoms with Crippen LogP contribution in [0.2, 0.25) is 0 Å². The number of carbonyl (C=O) groups is 2. The van der Waals surface area contributed by atoms with Crippen molar-refractivity contribution in [3.05, 3.63) is 58.8 Å². The molecule has 8 nitrogen and oxygen atoms in total. The maximum Gasteiger partial charge on any atom is 0.324 e. The van der Waals surface area contributed by atoms with Gasteiger partial charge in [-0.25, -0.2) is 13.4 Å². The summed E-state index contributed by atoms with van der Waals surface area (Å²) in [6.45, 7) is 3.29. The van der Waals surface area contributed by atoms with Gasteiger partial charge in [-0.05, 0) is 56.7 Å². The molecule has 1 atom stereocenters. The van der Waals surface area contributed by atoms with Gasteiger partial charge in [0, 0.05) is 12.1 Å². The molecule has 0 saturated carbocycles. The molecule has 174 valence electrons. The average molecular weight is 489 g/mol. The predicted molar refractivity (Wildman–Crippen MR) is 122 cm³/mol. The number of aromatic nitrogens is 1. The molecule has 1 unspecified atom stereocenters. The van der Waals surface area contributed by atoms with Gasteiger partial charge in [0.2, 0.25) is 15.9 Å². The van der Waals surface area contributed by atoms with Crippen LogP contribution in [0.5, 0.6) is 0 Å². The summed E-state index contributed by atoms with van der Waals surface area (Å²) in [7, 11) is -3.93. The Morgan fingerprint density at radius 2 is 1.97 bits per heavy atom. The molecule has 1 saturated heterocycles. The molecule has 10 heteroatoms. The minimum Gasteiger partial charge on any atom is -0.458 e. The van der Waals surface area contributed by atoms with Crippen molar-refractivity contribution in [2.24, 2.45) is 0 Å². The second-order valence-electron chi connectivity index (χ2n) is 7.81. The fourth-order valence-corrected chi connectivity index (χ4v) is 6.02. The average Bonchev–Trinajstić information content (AvgIpc) is 3.47. The number of hydrogen-bond donors (Lipinski definition) is 0. The summed E-state index contributed by atoms with van der Waals surface area (Å²) in [6.07, 6.45) is 1.75. The van der Waals surface area contributed by atoms with Crippen molar-refractivity contribution in [1.82, 2.24) is 9.29 Å². The van der Waals surface area contributed by atoms with Crippen LogP contribution in [0.15, 0.2) is 51.1 Å². The van der Waals surface area contributed by atoms with E-state index < -0.39 is 22.0 Å². The van der Waals surface area contributed by atoms with Crippen LogP contribution in [0, 0.1) is 6.92 Å². The highest BCUT2D eigenvalue weighted by atomic mass is 32.2. The van der Waals surface area contributed by atoms with E-state index in [4.69, 9.17) is 9.15 Å². The van der Waals surface area contributed by atoms with Gasteiger partial charge in [0.15, 0.2) is 5.78 Å². The second-order valence-corrected chi connectivity index (χ2v) is 10.7. The Bertz CT molecular complexity index is 1250. The molecule has 33 heavy (non-hydrogen) atoms. The van der Waals surface area contributed by atoms with Gasteiger partial charge >= 0.3 is 5.97 Å². The van der Waals surface area contributed by atoms with Crippen LogP contribution in [0.3, 0.4) is 0 Å². The summed E-state index contributed by atoms with van der Waals surface area (Å²) in [5, 5.41) is 1.92. The number of rotatable bonds is 7. The Hall–Kier alpha value is -2.82. The van der Waals surface area contributed by atoms with Gasteiger partial charge < -0.3 is 9.15 Å². The lowest BCUT2D eigenvalue weighted by atomic mass is 10.1. The van der Waals surface area contributed by atoms with Crippen LogP contribution in [0.1, 0.15) is 48.0 Å². The molecule has 3 heterocycles. The fraction of sp³-hybridized carbons (Fsp3) is 0.348. The third-order valence-corrected chi connectivity index (χ3v) is 8.35. The number of esters is 1. The van der Waals surface area contributed by atoms with E-state index >= 15 is 0 Å². The Labute approximate surface area is 196 Å². The van der Waals surface area contributed by atoms with Gasteiger partial charge in [-0.2, -0.15) is 4.31 Å². The fourth-order valence-electron chi connectivity index (χ4n) is 3.73. The van der Waals surface area contributed by atoms with Crippen molar-refractivity contribution in [3.8, 4) is 10.8 Å². The van der Waals surface area contributed by atoms with E-state index in [0.29, 0.717) is 35.7 Å². The number of ether oxygens (including phenoxy) is 1. The van der Waals surface area contributed by atoms with Crippen molar-refractivity contribution in [2.45, 2.75) is 50.7 Å². The summed E-state index contributed by atoms with van der Waals surface area (Å²) in [5.74, 6) is 0.247. The first-order chi connectivity index (χ1) is 15.8. The third kappa shape index (κ3) is 4.92. The van der Waals surface area contributed by atoms with Crippen molar-refractivity contribution in [2.75, 3.05) is 6.54 Å². The van der Waals surface area contributed by atoms with Gasteiger partial charge in [0.25, 0.3) is 0 Å². The first-order valence-corrected chi connectivity index (χ1v) is 12.9. The number of Topliss-reactive ketones (excluding diaryl/α,β-unsaturated/α-hetero) is 1. The molecular weight excluding hydrogens is 464 g/mol. The van der Waals surface area contributed by atoms with E-state index in [1.54, 1.807) is 6.92 Å². The zero-order chi connectivity index (χ0) is 23.6. The van der Waals surface area contributed by atoms with Crippen LogP contribution in [0.25, 0.3) is 10.8 Å². The topological polar surface area (TPSA) is 107 Å². The molecule has 1 fully saturated rings. The molecule has 0 aliphatic carbocycles. The zero-order valence-electron chi connectivity index (χ0n) is 18.3. The van der Waals surface area contributed by atoms with Gasteiger partial charge in [-0.1, -0.05) is 18.2 Å². The molecule has 1 aromatic carbocycles. The summed E-state index contributed by atoms with van der Waals surface area (Å²) in [4.78, 5) is 29.7. The number of ketones is 1. The zero-order valence-corrected chi connectivity index (χ0v) is 19.9. The van der Waals surface area contributed by atoms with Crippen molar-refractivity contribution in [1.29, 1.82) is 0 Å². The van der Waals surface area contributed by atoms with Crippen molar-refractivity contribution < 1.29 is 27.2 Å². The van der Waals surface area contributed by atoms with Crippen molar-refractivity contribution in [3.63, 3.8) is 0 Å². The molecule has 1 aliphatic heterocycles. The maximum absolute atomic E-state index is 13.3. The quantitative estimate of drug-likeness (QED) is 0.362. The Morgan fingerprint density at radius 3 is 2.64 bits per heavy atom. The third-order valence-electron chi connectivity index (χ3n) is 5.57. The number of carbonyl (C=O) groups excluding carboxylic acids is 2. The minimum absolute atomic E-state index is 0.0418. The van der Waals surface area contributed by atoms with E-state index in [-0.39, 0.29) is 23.8 Å². The minimum atomic E-state index is -3.93. The molecule has 0 spiro atoms. The highest BCUT2D eigenvalue weighted by Gasteiger charge is 2.38. The summed E-state index contributed by atoms with van der Waals surface area (Å²) < 4.78 is 38.9. The van der Waals surface area contributed by atoms with Crippen LogP contribution >= 0.6 is 11.3 Å². The number of hydrogen-bond acceptors (Lipinski definition) is 8. The van der Waals surface area contributed by atoms with Crippen molar-refractivity contribution >= 4 is 33.1 Å². The number of nitrogens with zero attached hydrogens (tertiary/aromatic N) is 2. The molecular formula is C23H24N2O6S2. The Kier molecular flexibility index (Phi) is 6.78. The number of thiophene rings is 1. The van der Waals surface area contributed by atoms with Crippen LogP contribution in [-0.2, 0) is 26.2 Å². The van der Waals surface area contributed by atoms with Gasteiger partial charge in [0.1, 0.15) is 24.1 Å². The van der Waals surface area contributed by atoms with E-state index in [9.17, 15) is 18.0 Å². The summed E-state index contributed by atoms with van der Waals surface area (Å²) in [6, 6.07) is 8.61. The first kappa shape index (κ1) is 23.3. The molecule has 0 radical (unpaired) electrons. The maximum atomic E-state index is 13.3. The van der Waals surface area contributed by atoms with Gasteiger partial charge in [-0.3, -0.25) is 9.59 Å². The largest absolute Gasteiger partial charge is 0.458 e. The highest BCUT2D eigenvalue weighted by molar-refractivity contribution is 7.89. The summed E-state index contributed by atoms with van der Waals surface area (Å²) >= 11 is 1.49. The SMILES string of the molecule is CC(=O)c1ccc(S(=O)(=O)N2CCCCC2C(=O)OCc2nc(-c3cccs3)oc2C)cc1. The number of sulfonamides is 1. The molecule has 1 aliphatic rings. The lowest BCUT2D eigenvalue weighted by molar-refractivity contribution is -0.150. The number of oxazole rings is 1. The van der Waals surface area contributed by atoms with E-state index in [1.807, 2.05) is 17.5 Å². The lowest BCUT2D eigenvalue weighted by Crippen LogP contribution is -2.48. The normalized spacial score (nSPS) is 17.1. The van der Waals surface area contributed by atoms with Crippen LogP contribution < -0.4 is 0 Å². The molecule has 0 N–H and O–H groups in total. The summed E-state index contributed by atoms with van der Waals surface area (Å²) in [5.41, 5.74) is 0.922. The van der Waals surface area contributed by atoms with E-state index in [1.165, 1.54) is 46.8 Å². The molecule has 3 aromatic rings. The molecule has 2 aromatic heterocycles. The Morgan fingerprint density at radius 1 is 1.21 bits per heavy atom. The van der Waals surface area contributed by atoms with Crippen LogP contribution in [-0.4, -0.2) is 42.0 Å². The van der Waals surface area contributed by atoms with Gasteiger partial charge in [-0.15, -0.1) is 11.3 Å².